The Labute approximate surface area is 136 Å². The van der Waals surface area contributed by atoms with Crippen molar-refractivity contribution in [3.05, 3.63) is 0 Å². The molecule has 0 unspecified atom stereocenters. The molecule has 0 heterocycles. The molecule has 0 saturated carbocycles. The third kappa shape index (κ3) is 48.3. The van der Waals surface area contributed by atoms with E-state index in [2.05, 4.69) is 4.31 Å². The number of hydrogen-bond donors (Lipinski definition) is 0. The van der Waals surface area contributed by atoms with Crippen molar-refractivity contribution in [2.24, 2.45) is 0 Å². The Bertz CT molecular complexity index is 159. The fraction of sp³-hybridized carbons (Fsp3) is 0. The molecule has 0 radical (unpaired) electrons. The van der Waals surface area contributed by atoms with Gasteiger partial charge in [0.25, 0.3) is 0 Å². The summed E-state index contributed by atoms with van der Waals surface area (Å²) in [6, 6.07) is 0. The van der Waals surface area contributed by atoms with Gasteiger partial charge in [-0.25, -0.2) is 0 Å². The van der Waals surface area contributed by atoms with Crippen molar-refractivity contribution >= 4 is 53.4 Å². The minimum Gasteiger partial charge on any atom is -0.790 e. The van der Waals surface area contributed by atoms with Crippen molar-refractivity contribution in [1.82, 2.24) is 0 Å². The summed E-state index contributed by atoms with van der Waals surface area (Å²) in [5, 5.41) is 0. The van der Waals surface area contributed by atoms with Gasteiger partial charge in [0.15, 0.2) is 0 Å². The second kappa shape index (κ2) is 16.4. The minimum atomic E-state index is -5.68. The molecule has 11 nitrogen and oxygen atoms in total. The molecule has 15 heteroatoms. The summed E-state index contributed by atoms with van der Waals surface area (Å²) < 4.78 is 21.2. The van der Waals surface area contributed by atoms with Crippen LogP contribution in [0.5, 0.6) is 0 Å². The van der Waals surface area contributed by atoms with Crippen LogP contribution in [0.4, 0.5) is 0 Å². The van der Waals surface area contributed by atoms with E-state index in [4.69, 9.17) is 0 Å². The molecule has 0 atom stereocenters. The van der Waals surface area contributed by atoms with Gasteiger partial charge >= 0.3 is 67.3 Å². The minimum absolute atomic E-state index is 0. The van der Waals surface area contributed by atoms with E-state index in [1.165, 1.54) is 0 Å². The Balaban J connectivity index is -0.0000000213. The third-order valence-corrected chi connectivity index (χ3v) is 1.80. The third-order valence-electron chi connectivity index (χ3n) is 0.200. The van der Waals surface area contributed by atoms with Crippen molar-refractivity contribution in [1.29, 1.82) is 0 Å². The zero-order valence-corrected chi connectivity index (χ0v) is 13.5. The summed E-state index contributed by atoms with van der Waals surface area (Å²) in [6.07, 6.45) is 0. The molecule has 0 rings (SSSR count). The molecule has 0 amide bonds. The van der Waals surface area contributed by atoms with Crippen molar-refractivity contribution in [2.75, 3.05) is 0 Å². The van der Waals surface area contributed by atoms with Gasteiger partial charge in [0.05, 0.1) is 15.6 Å². The molecule has 0 aliphatic heterocycles. The van der Waals surface area contributed by atoms with Crippen LogP contribution in [0.15, 0.2) is 0 Å². The van der Waals surface area contributed by atoms with Crippen LogP contribution in [0.2, 0.25) is 0 Å². The van der Waals surface area contributed by atoms with Crippen LogP contribution in [0.3, 0.4) is 0 Å². The van der Waals surface area contributed by atoms with E-state index in [1.807, 2.05) is 0 Å². The molecular formula is H8CaNaO11P2-. The van der Waals surface area contributed by atoms with Gasteiger partial charge in [-0.15, -0.1) is 0 Å². The zero-order valence-electron chi connectivity index (χ0n) is 7.46. The maximum Gasteiger partial charge on any atom is 2.00 e. The van der Waals surface area contributed by atoms with Gasteiger partial charge in [0.2, 0.25) is 0 Å². The van der Waals surface area contributed by atoms with Crippen LogP contribution in [-0.2, 0) is 13.4 Å². The average molecular weight is 309 g/mol. The van der Waals surface area contributed by atoms with Gasteiger partial charge in [-0.2, -0.15) is 0 Å². The second-order valence-electron chi connectivity index (χ2n) is 0.976. The van der Waals surface area contributed by atoms with E-state index in [0.29, 0.717) is 0 Å². The van der Waals surface area contributed by atoms with Crippen LogP contribution in [-0.4, -0.2) is 59.6 Å². The summed E-state index contributed by atoms with van der Waals surface area (Å²) >= 11 is 0. The number of hydrogen-bond acceptors (Lipinski definition) is 7. The van der Waals surface area contributed by atoms with E-state index >= 15 is 0 Å². The molecule has 0 aromatic carbocycles. The summed E-state index contributed by atoms with van der Waals surface area (Å²) in [4.78, 5) is 37.3. The molecule has 0 aromatic heterocycles. The number of rotatable bonds is 2. The van der Waals surface area contributed by atoms with Gasteiger partial charge in [-0.05, 0) is 0 Å². The Morgan fingerprint density at radius 2 is 0.867 bits per heavy atom. The molecule has 15 heavy (non-hydrogen) atoms. The van der Waals surface area contributed by atoms with E-state index in [1.54, 1.807) is 0 Å². The maximum absolute atomic E-state index is 9.32. The summed E-state index contributed by atoms with van der Waals surface area (Å²) in [6.45, 7) is 0. The molecule has 0 bridgehead atoms. The van der Waals surface area contributed by atoms with Crippen LogP contribution in [0, 0.1) is 0 Å². The summed E-state index contributed by atoms with van der Waals surface area (Å²) in [5.41, 5.74) is 0. The van der Waals surface area contributed by atoms with Crippen LogP contribution >= 0.6 is 15.6 Å². The summed E-state index contributed by atoms with van der Waals surface area (Å²) in [7, 11) is -11.4. The van der Waals surface area contributed by atoms with Crippen molar-refractivity contribution in [3.8, 4) is 0 Å². The number of phosphoric acid groups is 2. The molecule has 0 aliphatic carbocycles. The van der Waals surface area contributed by atoms with E-state index in [-0.39, 0.29) is 89.2 Å². The Morgan fingerprint density at radius 1 is 0.733 bits per heavy atom. The van der Waals surface area contributed by atoms with Gasteiger partial charge in [0.1, 0.15) is 0 Å². The summed E-state index contributed by atoms with van der Waals surface area (Å²) in [5.74, 6) is 0. The molecular weight excluding hydrogens is 301 g/mol. The van der Waals surface area contributed by atoms with Crippen LogP contribution < -0.4 is 49.1 Å². The fourth-order valence-corrected chi connectivity index (χ4v) is 1.10. The predicted molar refractivity (Wildman–Crippen MR) is 36.5 cm³/mol. The van der Waals surface area contributed by atoms with Gasteiger partial charge in [-0.1, -0.05) is 0 Å². The Hall–Kier alpha value is 2.36. The first-order valence-electron chi connectivity index (χ1n) is 1.46. The van der Waals surface area contributed by atoms with Crippen molar-refractivity contribution in [2.45, 2.75) is 0 Å². The molecule has 0 aliphatic rings. The second-order valence-corrected chi connectivity index (χ2v) is 3.42. The standard InChI is InChI=1S/Ca.Na.H4O7P2.4H2O/c;;1-8(2,3)7-9(4,5)6;;;;/h;;(H2,1,2,3)(H2,4,5,6);4*1H2/q+2;+1;;;;;/p-4. The van der Waals surface area contributed by atoms with E-state index in [9.17, 15) is 28.7 Å². The fourth-order valence-electron chi connectivity index (χ4n) is 0.122. The molecule has 0 saturated heterocycles. The Morgan fingerprint density at radius 3 is 0.867 bits per heavy atom. The van der Waals surface area contributed by atoms with E-state index in [0.717, 1.165) is 0 Å². The van der Waals surface area contributed by atoms with Crippen LogP contribution in [0.1, 0.15) is 0 Å². The molecule has 0 aromatic rings. The topological polar surface area (TPSA) is 262 Å². The predicted octanol–water partition coefficient (Wildman–Crippen LogP) is -10.0. The Kier molecular flexibility index (Phi) is 47.2. The molecule has 8 N–H and O–H groups in total. The SMILES string of the molecule is O.O.O.O.O=P([O-])([O-])OP(=O)([O-])[O-].[Ca+2].[Na+]. The van der Waals surface area contributed by atoms with Gasteiger partial charge < -0.3 is 54.9 Å². The first kappa shape index (κ1) is 43.3. The first-order valence-corrected chi connectivity index (χ1v) is 4.38. The molecule has 0 fully saturated rings. The van der Waals surface area contributed by atoms with Crippen molar-refractivity contribution < 1.29 is 84.5 Å². The van der Waals surface area contributed by atoms with Crippen LogP contribution in [0.25, 0.3) is 0 Å². The quantitative estimate of drug-likeness (QED) is 0.350. The first-order chi connectivity index (χ1) is 3.71. The maximum atomic E-state index is 9.32. The van der Waals surface area contributed by atoms with Crippen molar-refractivity contribution in [3.63, 3.8) is 0 Å². The zero-order chi connectivity index (χ0) is 7.71. The van der Waals surface area contributed by atoms with Gasteiger partial charge in [-0.3, -0.25) is 0 Å². The normalized spacial score (nSPS) is 8.27. The molecule has 88 valence electrons. The van der Waals surface area contributed by atoms with Gasteiger partial charge in [0, 0.05) is 0 Å². The smallest absolute Gasteiger partial charge is 0.790 e. The largest absolute Gasteiger partial charge is 2.00 e. The monoisotopic (exact) mass is 309 g/mol. The van der Waals surface area contributed by atoms with E-state index < -0.39 is 15.6 Å². The average Bonchev–Trinajstić information content (AvgIpc) is 1.14. The molecule has 0 spiro atoms.